The zero-order valence-corrected chi connectivity index (χ0v) is 12.6. The van der Waals surface area contributed by atoms with E-state index in [1.165, 1.54) is 4.90 Å². The minimum absolute atomic E-state index is 0.639. The predicted octanol–water partition coefficient (Wildman–Crippen LogP) is 4.63. The molecule has 0 radical (unpaired) electrons. The zero-order chi connectivity index (χ0) is 14.5. The molecule has 106 valence electrons. The molecule has 3 nitrogen and oxygen atoms in total. The average molecular weight is 296 g/mol. The number of hydrogen-bond donors (Lipinski definition) is 1. The molecular formula is C17H16N2OS. The summed E-state index contributed by atoms with van der Waals surface area (Å²) in [5, 5.41) is 6.99. The molecule has 0 bridgehead atoms. The SMILES string of the molecule is CCOc1cc(Sc2ccccc2)ccc1-c1ccn[nH]1. The summed E-state index contributed by atoms with van der Waals surface area (Å²) in [6, 6.07) is 18.5. The van der Waals surface area contributed by atoms with Crippen molar-refractivity contribution in [2.24, 2.45) is 0 Å². The van der Waals surface area contributed by atoms with Crippen LogP contribution in [0.2, 0.25) is 0 Å². The lowest BCUT2D eigenvalue weighted by Gasteiger charge is -2.11. The number of ether oxygens (including phenoxy) is 1. The molecule has 0 amide bonds. The fourth-order valence-electron chi connectivity index (χ4n) is 2.09. The van der Waals surface area contributed by atoms with Gasteiger partial charge in [-0.15, -0.1) is 0 Å². The predicted molar refractivity (Wildman–Crippen MR) is 85.8 cm³/mol. The topological polar surface area (TPSA) is 37.9 Å². The number of hydrogen-bond acceptors (Lipinski definition) is 3. The monoisotopic (exact) mass is 296 g/mol. The maximum atomic E-state index is 5.78. The van der Waals surface area contributed by atoms with Gasteiger partial charge in [0, 0.05) is 21.6 Å². The van der Waals surface area contributed by atoms with Gasteiger partial charge in [0.1, 0.15) is 5.75 Å². The van der Waals surface area contributed by atoms with Crippen LogP contribution in [0.1, 0.15) is 6.92 Å². The first kappa shape index (κ1) is 13.8. The van der Waals surface area contributed by atoms with Gasteiger partial charge in [-0.05, 0) is 43.3 Å². The molecule has 3 rings (SSSR count). The van der Waals surface area contributed by atoms with Gasteiger partial charge in [0.25, 0.3) is 0 Å². The van der Waals surface area contributed by atoms with Crippen LogP contribution < -0.4 is 4.74 Å². The molecule has 2 aromatic carbocycles. The Morgan fingerprint density at radius 1 is 1.05 bits per heavy atom. The van der Waals surface area contributed by atoms with Crippen LogP contribution in [0.4, 0.5) is 0 Å². The molecule has 0 spiro atoms. The second-order valence-corrected chi connectivity index (χ2v) is 5.62. The second kappa shape index (κ2) is 6.50. The number of aromatic nitrogens is 2. The van der Waals surface area contributed by atoms with E-state index in [1.807, 2.05) is 31.2 Å². The van der Waals surface area contributed by atoms with Crippen LogP contribution in [-0.2, 0) is 0 Å². The summed E-state index contributed by atoms with van der Waals surface area (Å²) in [4.78, 5) is 2.38. The molecule has 0 saturated heterocycles. The van der Waals surface area contributed by atoms with Crippen molar-refractivity contribution in [1.29, 1.82) is 0 Å². The molecule has 21 heavy (non-hydrogen) atoms. The minimum atomic E-state index is 0.639. The normalized spacial score (nSPS) is 10.5. The maximum Gasteiger partial charge on any atom is 0.129 e. The van der Waals surface area contributed by atoms with Gasteiger partial charge in [0.2, 0.25) is 0 Å². The fourth-order valence-corrected chi connectivity index (χ4v) is 2.96. The van der Waals surface area contributed by atoms with Crippen LogP contribution in [0.3, 0.4) is 0 Å². The smallest absolute Gasteiger partial charge is 0.129 e. The first-order chi connectivity index (χ1) is 10.4. The number of rotatable bonds is 5. The minimum Gasteiger partial charge on any atom is -0.493 e. The molecule has 1 heterocycles. The van der Waals surface area contributed by atoms with Gasteiger partial charge in [-0.2, -0.15) is 5.10 Å². The van der Waals surface area contributed by atoms with Gasteiger partial charge < -0.3 is 4.74 Å². The lowest BCUT2D eigenvalue weighted by Crippen LogP contribution is -1.94. The molecule has 3 aromatic rings. The Kier molecular flexibility index (Phi) is 4.26. The Bertz CT molecular complexity index is 696. The quantitative estimate of drug-likeness (QED) is 0.746. The molecule has 4 heteroatoms. The Hall–Kier alpha value is -2.20. The molecule has 0 aliphatic rings. The standard InChI is InChI=1S/C17H16N2OS/c1-2-20-17-12-14(21-13-6-4-3-5-7-13)8-9-15(17)16-10-11-18-19-16/h3-12H,2H2,1H3,(H,18,19). The lowest BCUT2D eigenvalue weighted by molar-refractivity contribution is 0.340. The Morgan fingerprint density at radius 3 is 2.62 bits per heavy atom. The van der Waals surface area contributed by atoms with Crippen molar-refractivity contribution in [3.05, 3.63) is 60.8 Å². The van der Waals surface area contributed by atoms with E-state index in [9.17, 15) is 0 Å². The van der Waals surface area contributed by atoms with E-state index in [1.54, 1.807) is 18.0 Å². The third-order valence-corrected chi connectivity index (χ3v) is 4.02. The van der Waals surface area contributed by atoms with Gasteiger partial charge in [0.15, 0.2) is 0 Å². The average Bonchev–Trinajstić information content (AvgIpc) is 3.03. The van der Waals surface area contributed by atoms with E-state index in [-0.39, 0.29) is 0 Å². The van der Waals surface area contributed by atoms with Gasteiger partial charge in [-0.1, -0.05) is 30.0 Å². The maximum absolute atomic E-state index is 5.78. The molecule has 0 saturated carbocycles. The third kappa shape index (κ3) is 3.28. The Labute approximate surface area is 128 Å². The first-order valence-electron chi connectivity index (χ1n) is 6.86. The van der Waals surface area contributed by atoms with Crippen molar-refractivity contribution in [2.75, 3.05) is 6.61 Å². The van der Waals surface area contributed by atoms with Crippen molar-refractivity contribution in [2.45, 2.75) is 16.7 Å². The fraction of sp³-hybridized carbons (Fsp3) is 0.118. The molecule has 1 N–H and O–H groups in total. The van der Waals surface area contributed by atoms with E-state index >= 15 is 0 Å². The highest BCUT2D eigenvalue weighted by atomic mass is 32.2. The summed E-state index contributed by atoms with van der Waals surface area (Å²) < 4.78 is 5.78. The summed E-state index contributed by atoms with van der Waals surface area (Å²) in [5.41, 5.74) is 2.00. The van der Waals surface area contributed by atoms with Crippen LogP contribution in [0, 0.1) is 0 Å². The summed E-state index contributed by atoms with van der Waals surface area (Å²) in [6.45, 7) is 2.63. The molecule has 0 fully saturated rings. The van der Waals surface area contributed by atoms with Crippen molar-refractivity contribution in [1.82, 2.24) is 10.2 Å². The summed E-state index contributed by atoms with van der Waals surface area (Å²) >= 11 is 1.73. The van der Waals surface area contributed by atoms with Gasteiger partial charge in [-0.25, -0.2) is 0 Å². The Balaban J connectivity index is 1.92. The summed E-state index contributed by atoms with van der Waals surface area (Å²) in [5.74, 6) is 0.877. The van der Waals surface area contributed by atoms with Crippen molar-refractivity contribution >= 4 is 11.8 Å². The highest BCUT2D eigenvalue weighted by Crippen LogP contribution is 2.35. The molecule has 1 aromatic heterocycles. The zero-order valence-electron chi connectivity index (χ0n) is 11.7. The van der Waals surface area contributed by atoms with Crippen molar-refractivity contribution < 1.29 is 4.74 Å². The van der Waals surface area contributed by atoms with Gasteiger partial charge in [0.05, 0.1) is 12.3 Å². The third-order valence-electron chi connectivity index (χ3n) is 3.02. The second-order valence-electron chi connectivity index (χ2n) is 4.48. The van der Waals surface area contributed by atoms with Crippen LogP contribution in [0.5, 0.6) is 5.75 Å². The first-order valence-corrected chi connectivity index (χ1v) is 7.68. The van der Waals surface area contributed by atoms with Crippen LogP contribution in [0.15, 0.2) is 70.6 Å². The number of nitrogens with zero attached hydrogens (tertiary/aromatic N) is 1. The van der Waals surface area contributed by atoms with Crippen LogP contribution >= 0.6 is 11.8 Å². The van der Waals surface area contributed by atoms with Gasteiger partial charge in [-0.3, -0.25) is 5.10 Å². The molecular weight excluding hydrogens is 280 g/mol. The van der Waals surface area contributed by atoms with E-state index in [0.717, 1.165) is 21.9 Å². The molecule has 0 unspecified atom stereocenters. The van der Waals surface area contributed by atoms with Gasteiger partial charge >= 0.3 is 0 Å². The van der Waals surface area contributed by atoms with Crippen molar-refractivity contribution in [3.8, 4) is 17.0 Å². The summed E-state index contributed by atoms with van der Waals surface area (Å²) in [7, 11) is 0. The number of H-pyrrole nitrogens is 1. The van der Waals surface area contributed by atoms with E-state index < -0.39 is 0 Å². The number of aromatic amines is 1. The highest BCUT2D eigenvalue weighted by Gasteiger charge is 2.09. The van der Waals surface area contributed by atoms with Crippen LogP contribution in [0.25, 0.3) is 11.3 Å². The number of nitrogens with one attached hydrogen (secondary N) is 1. The largest absolute Gasteiger partial charge is 0.493 e. The molecule has 0 atom stereocenters. The summed E-state index contributed by atoms with van der Waals surface area (Å²) in [6.07, 6.45) is 1.75. The van der Waals surface area contributed by atoms with Crippen LogP contribution in [-0.4, -0.2) is 16.8 Å². The lowest BCUT2D eigenvalue weighted by atomic mass is 10.1. The number of benzene rings is 2. The van der Waals surface area contributed by atoms with Crippen molar-refractivity contribution in [3.63, 3.8) is 0 Å². The van der Waals surface area contributed by atoms with E-state index in [2.05, 4.69) is 40.5 Å². The molecule has 0 aliphatic heterocycles. The van der Waals surface area contributed by atoms with E-state index in [0.29, 0.717) is 6.61 Å². The van der Waals surface area contributed by atoms with E-state index in [4.69, 9.17) is 4.74 Å². The Morgan fingerprint density at radius 2 is 1.90 bits per heavy atom. The highest BCUT2D eigenvalue weighted by molar-refractivity contribution is 7.99. The molecule has 0 aliphatic carbocycles.